The Morgan fingerprint density at radius 2 is 2.14 bits per heavy atom. The minimum atomic E-state index is 0.116. The van der Waals surface area contributed by atoms with Gasteiger partial charge >= 0.3 is 0 Å². The molecule has 0 bridgehead atoms. The number of nitrogens with zero attached hydrogens (tertiary/aromatic N) is 1. The fourth-order valence-electron chi connectivity index (χ4n) is 2.40. The van der Waals surface area contributed by atoms with Crippen LogP contribution in [-0.2, 0) is 13.1 Å². The van der Waals surface area contributed by atoms with Crippen LogP contribution in [0.4, 0.5) is 0 Å². The van der Waals surface area contributed by atoms with E-state index >= 15 is 0 Å². The molecular formula is C18H28N2O. The van der Waals surface area contributed by atoms with Crippen molar-refractivity contribution in [1.82, 2.24) is 10.2 Å². The van der Waals surface area contributed by atoms with E-state index in [1.165, 1.54) is 18.4 Å². The van der Waals surface area contributed by atoms with E-state index in [2.05, 4.69) is 43.0 Å². The van der Waals surface area contributed by atoms with Crippen molar-refractivity contribution >= 4 is 0 Å². The summed E-state index contributed by atoms with van der Waals surface area (Å²) in [7, 11) is 0. The molecule has 1 aliphatic rings. The number of aryl methyl sites for hydroxylation is 1. The highest BCUT2D eigenvalue weighted by Crippen LogP contribution is 2.30. The van der Waals surface area contributed by atoms with E-state index in [1.54, 1.807) is 0 Å². The van der Waals surface area contributed by atoms with Crippen molar-refractivity contribution in [3.63, 3.8) is 0 Å². The lowest BCUT2D eigenvalue weighted by atomic mass is 10.1. The molecule has 0 aliphatic heterocycles. The smallest absolute Gasteiger partial charge is 0.118 e. The molecule has 1 aliphatic carbocycles. The largest absolute Gasteiger partial charge is 0.465 e. The van der Waals surface area contributed by atoms with Gasteiger partial charge in [0, 0.05) is 24.2 Å². The SMILES string of the molecule is C#CCN(Cc1cc(CNC(C)(C)C)c(C)o1)CC1CC1. The highest BCUT2D eigenvalue weighted by molar-refractivity contribution is 5.21. The van der Waals surface area contributed by atoms with Crippen molar-refractivity contribution in [3.8, 4) is 12.3 Å². The molecular weight excluding hydrogens is 260 g/mol. The summed E-state index contributed by atoms with van der Waals surface area (Å²) in [5.74, 6) is 5.63. The second kappa shape index (κ2) is 6.68. The summed E-state index contributed by atoms with van der Waals surface area (Å²) in [5.41, 5.74) is 1.36. The highest BCUT2D eigenvalue weighted by atomic mass is 16.3. The van der Waals surface area contributed by atoms with Crippen molar-refractivity contribution in [1.29, 1.82) is 0 Å². The molecule has 1 aromatic rings. The molecule has 0 spiro atoms. The van der Waals surface area contributed by atoms with E-state index in [0.717, 1.165) is 37.1 Å². The lowest BCUT2D eigenvalue weighted by Gasteiger charge is -2.20. The van der Waals surface area contributed by atoms with Gasteiger partial charge in [0.05, 0.1) is 13.1 Å². The third-order valence-corrected chi connectivity index (χ3v) is 3.79. The van der Waals surface area contributed by atoms with Crippen molar-refractivity contribution < 1.29 is 4.42 Å². The molecule has 1 heterocycles. The van der Waals surface area contributed by atoms with Gasteiger partial charge in [-0.2, -0.15) is 0 Å². The molecule has 0 aromatic carbocycles. The molecule has 1 aromatic heterocycles. The van der Waals surface area contributed by atoms with Crippen LogP contribution in [0.1, 0.15) is 50.7 Å². The Bertz CT molecular complexity index is 500. The normalized spacial score (nSPS) is 15.4. The molecule has 116 valence electrons. The third kappa shape index (κ3) is 5.57. The Morgan fingerprint density at radius 1 is 1.43 bits per heavy atom. The summed E-state index contributed by atoms with van der Waals surface area (Å²) in [4.78, 5) is 2.32. The van der Waals surface area contributed by atoms with Gasteiger partial charge in [-0.25, -0.2) is 0 Å². The van der Waals surface area contributed by atoms with Gasteiger partial charge in [-0.1, -0.05) is 5.92 Å². The Kier molecular flexibility index (Phi) is 5.13. The third-order valence-electron chi connectivity index (χ3n) is 3.79. The molecule has 0 radical (unpaired) electrons. The maximum atomic E-state index is 5.91. The number of hydrogen-bond acceptors (Lipinski definition) is 3. The Hall–Kier alpha value is -1.24. The number of hydrogen-bond donors (Lipinski definition) is 1. The van der Waals surface area contributed by atoms with Crippen LogP contribution in [0.25, 0.3) is 0 Å². The van der Waals surface area contributed by atoms with E-state index in [4.69, 9.17) is 10.8 Å². The highest BCUT2D eigenvalue weighted by Gasteiger charge is 2.24. The number of furan rings is 1. The number of terminal acetylenes is 1. The first kappa shape index (κ1) is 16.1. The molecule has 0 atom stereocenters. The van der Waals surface area contributed by atoms with Crippen LogP contribution >= 0.6 is 0 Å². The summed E-state index contributed by atoms with van der Waals surface area (Å²) < 4.78 is 5.91. The Balaban J connectivity index is 1.94. The first-order chi connectivity index (χ1) is 9.87. The minimum absolute atomic E-state index is 0.116. The quantitative estimate of drug-likeness (QED) is 0.780. The number of nitrogens with one attached hydrogen (secondary N) is 1. The maximum Gasteiger partial charge on any atom is 0.118 e. The number of rotatable bonds is 7. The first-order valence-electron chi connectivity index (χ1n) is 7.86. The molecule has 0 saturated heterocycles. The van der Waals surface area contributed by atoms with Crippen LogP contribution < -0.4 is 5.32 Å². The maximum absolute atomic E-state index is 5.91. The fourth-order valence-corrected chi connectivity index (χ4v) is 2.40. The molecule has 1 fully saturated rings. The van der Waals surface area contributed by atoms with Gasteiger partial charge in [0.1, 0.15) is 11.5 Å². The predicted molar refractivity (Wildman–Crippen MR) is 86.9 cm³/mol. The molecule has 1 saturated carbocycles. The molecule has 0 amide bonds. The van der Waals surface area contributed by atoms with Crippen LogP contribution in [0, 0.1) is 25.2 Å². The van der Waals surface area contributed by atoms with E-state index in [1.807, 2.05) is 6.92 Å². The molecule has 0 unspecified atom stereocenters. The lowest BCUT2D eigenvalue weighted by molar-refractivity contribution is 0.260. The summed E-state index contributed by atoms with van der Waals surface area (Å²) in [5, 5.41) is 3.51. The average molecular weight is 288 g/mol. The van der Waals surface area contributed by atoms with Crippen LogP contribution in [-0.4, -0.2) is 23.5 Å². The van der Waals surface area contributed by atoms with Crippen LogP contribution in [0.5, 0.6) is 0 Å². The van der Waals surface area contributed by atoms with Crippen LogP contribution in [0.2, 0.25) is 0 Å². The van der Waals surface area contributed by atoms with E-state index in [0.29, 0.717) is 6.54 Å². The second-order valence-electron chi connectivity index (χ2n) is 7.21. The van der Waals surface area contributed by atoms with E-state index in [-0.39, 0.29) is 5.54 Å². The van der Waals surface area contributed by atoms with Crippen molar-refractivity contribution in [3.05, 3.63) is 23.2 Å². The van der Waals surface area contributed by atoms with Gasteiger partial charge in [0.15, 0.2) is 0 Å². The van der Waals surface area contributed by atoms with Crippen LogP contribution in [0.3, 0.4) is 0 Å². The molecule has 1 N–H and O–H groups in total. The molecule has 2 rings (SSSR count). The van der Waals surface area contributed by atoms with Crippen molar-refractivity contribution in [2.75, 3.05) is 13.1 Å². The van der Waals surface area contributed by atoms with Crippen molar-refractivity contribution in [2.45, 2.75) is 59.2 Å². The second-order valence-corrected chi connectivity index (χ2v) is 7.21. The van der Waals surface area contributed by atoms with Gasteiger partial charge in [0.25, 0.3) is 0 Å². The topological polar surface area (TPSA) is 28.4 Å². The summed E-state index contributed by atoms with van der Waals surface area (Å²) in [6, 6.07) is 2.17. The average Bonchev–Trinajstić information content (AvgIpc) is 3.10. The minimum Gasteiger partial charge on any atom is -0.465 e. The molecule has 3 heteroatoms. The Morgan fingerprint density at radius 3 is 2.71 bits per heavy atom. The zero-order valence-electron chi connectivity index (χ0n) is 13.8. The standard InChI is InChI=1S/C18H28N2O/c1-6-9-20(12-15-7-8-15)13-17-10-16(14(2)21-17)11-19-18(3,4)5/h1,10,15,19H,7-9,11-13H2,2-5H3. The first-order valence-corrected chi connectivity index (χ1v) is 7.86. The van der Waals surface area contributed by atoms with Gasteiger partial charge < -0.3 is 9.73 Å². The van der Waals surface area contributed by atoms with Gasteiger partial charge in [0.2, 0.25) is 0 Å². The summed E-state index contributed by atoms with van der Waals surface area (Å²) >= 11 is 0. The van der Waals surface area contributed by atoms with Gasteiger partial charge in [-0.05, 0) is 52.5 Å². The van der Waals surface area contributed by atoms with E-state index < -0.39 is 0 Å². The monoisotopic (exact) mass is 288 g/mol. The summed E-state index contributed by atoms with van der Waals surface area (Å²) in [6.45, 7) is 12.0. The summed E-state index contributed by atoms with van der Waals surface area (Å²) in [6.07, 6.45) is 8.17. The predicted octanol–water partition coefficient (Wildman–Crippen LogP) is 3.32. The van der Waals surface area contributed by atoms with Gasteiger partial charge in [-0.3, -0.25) is 4.90 Å². The molecule has 21 heavy (non-hydrogen) atoms. The van der Waals surface area contributed by atoms with E-state index in [9.17, 15) is 0 Å². The fraction of sp³-hybridized carbons (Fsp3) is 0.667. The molecule has 3 nitrogen and oxygen atoms in total. The zero-order valence-corrected chi connectivity index (χ0v) is 13.8. The van der Waals surface area contributed by atoms with Gasteiger partial charge in [-0.15, -0.1) is 6.42 Å². The van der Waals surface area contributed by atoms with Crippen LogP contribution in [0.15, 0.2) is 10.5 Å². The lowest BCUT2D eigenvalue weighted by Crippen LogP contribution is -2.35. The zero-order chi connectivity index (χ0) is 15.5. The van der Waals surface area contributed by atoms with Crippen molar-refractivity contribution in [2.24, 2.45) is 5.92 Å². The Labute approximate surface area is 129 Å².